The van der Waals surface area contributed by atoms with E-state index in [1.165, 1.54) is 5.56 Å². The van der Waals surface area contributed by atoms with Crippen molar-refractivity contribution in [3.05, 3.63) is 41.7 Å². The van der Waals surface area contributed by atoms with Gasteiger partial charge < -0.3 is 10.6 Å². The van der Waals surface area contributed by atoms with Crippen molar-refractivity contribution in [1.82, 2.24) is 25.6 Å². The first kappa shape index (κ1) is 13.8. The summed E-state index contributed by atoms with van der Waals surface area (Å²) >= 11 is 0. The fourth-order valence-corrected chi connectivity index (χ4v) is 2.43. The number of benzene rings is 1. The molecule has 1 aromatic heterocycles. The molecule has 2 aromatic rings. The van der Waals surface area contributed by atoms with Crippen LogP contribution in [0.4, 0.5) is 0 Å². The number of nitrogens with one attached hydrogen (secondary N) is 2. The van der Waals surface area contributed by atoms with E-state index >= 15 is 0 Å². The first-order chi connectivity index (χ1) is 10.2. The maximum Gasteiger partial charge on any atom is 0.273 e. The van der Waals surface area contributed by atoms with Crippen LogP contribution in [0, 0.1) is 6.92 Å². The quantitative estimate of drug-likeness (QED) is 0.884. The van der Waals surface area contributed by atoms with E-state index in [-0.39, 0.29) is 11.9 Å². The number of carbonyl (C=O) groups is 1. The van der Waals surface area contributed by atoms with Gasteiger partial charge in [0.05, 0.1) is 11.9 Å². The van der Waals surface area contributed by atoms with Gasteiger partial charge in [0.15, 0.2) is 5.69 Å². The molecule has 0 radical (unpaired) electrons. The van der Waals surface area contributed by atoms with Crippen molar-refractivity contribution in [2.45, 2.75) is 25.8 Å². The topological polar surface area (TPSA) is 71.8 Å². The molecule has 2 N–H and O–H groups in total. The molecule has 110 valence electrons. The molecule has 0 aliphatic carbocycles. The minimum Gasteiger partial charge on any atom is -0.347 e. The van der Waals surface area contributed by atoms with Crippen LogP contribution < -0.4 is 10.6 Å². The number of piperidine rings is 1. The van der Waals surface area contributed by atoms with Gasteiger partial charge in [-0.3, -0.25) is 4.79 Å². The van der Waals surface area contributed by atoms with Crippen LogP contribution in [0.25, 0.3) is 5.69 Å². The van der Waals surface area contributed by atoms with Crippen LogP contribution in [0.3, 0.4) is 0 Å². The van der Waals surface area contributed by atoms with E-state index in [0.717, 1.165) is 31.6 Å². The molecule has 0 saturated carbocycles. The minimum atomic E-state index is -0.165. The summed E-state index contributed by atoms with van der Waals surface area (Å²) in [6.45, 7) is 3.87. The molecule has 1 aliphatic heterocycles. The lowest BCUT2D eigenvalue weighted by Gasteiger charge is -2.23. The van der Waals surface area contributed by atoms with E-state index in [1.807, 2.05) is 31.2 Å². The van der Waals surface area contributed by atoms with Gasteiger partial charge in [0.25, 0.3) is 5.91 Å². The number of aryl methyl sites for hydroxylation is 1. The predicted octanol–water partition coefficient (Wildman–Crippen LogP) is 1.06. The molecule has 1 aliphatic rings. The molecule has 1 amide bonds. The molecule has 0 unspecified atom stereocenters. The first-order valence-corrected chi connectivity index (χ1v) is 7.23. The number of hydrogen-bond acceptors (Lipinski definition) is 4. The Balaban J connectivity index is 1.69. The second-order valence-corrected chi connectivity index (χ2v) is 5.40. The lowest BCUT2D eigenvalue weighted by atomic mass is 10.1. The first-order valence-electron chi connectivity index (χ1n) is 7.23. The highest BCUT2D eigenvalue weighted by Gasteiger charge is 2.18. The van der Waals surface area contributed by atoms with Crippen molar-refractivity contribution in [3.8, 4) is 5.69 Å². The summed E-state index contributed by atoms with van der Waals surface area (Å²) in [4.78, 5) is 12.2. The van der Waals surface area contributed by atoms with Gasteiger partial charge in [0.1, 0.15) is 0 Å². The SMILES string of the molecule is Cc1ccc(-n2cc(C(=O)N[C@H]3CCCNC3)nn2)cc1. The van der Waals surface area contributed by atoms with Crippen LogP contribution in [0.15, 0.2) is 30.5 Å². The predicted molar refractivity (Wildman–Crippen MR) is 79.5 cm³/mol. The molecule has 1 aromatic carbocycles. The lowest BCUT2D eigenvalue weighted by Crippen LogP contribution is -2.45. The summed E-state index contributed by atoms with van der Waals surface area (Å²) in [5.41, 5.74) is 2.43. The van der Waals surface area contributed by atoms with Crippen molar-refractivity contribution in [1.29, 1.82) is 0 Å². The molecular weight excluding hydrogens is 266 g/mol. The Labute approximate surface area is 123 Å². The standard InChI is InChI=1S/C15H19N5O/c1-11-4-6-13(7-5-11)20-10-14(18-19-20)15(21)17-12-3-2-8-16-9-12/h4-7,10,12,16H,2-3,8-9H2,1H3,(H,17,21)/t12-/m0/s1. The van der Waals surface area contributed by atoms with Crippen LogP contribution in [0.2, 0.25) is 0 Å². The van der Waals surface area contributed by atoms with Crippen molar-refractivity contribution < 1.29 is 4.79 Å². The third-order valence-electron chi connectivity index (χ3n) is 3.66. The average molecular weight is 285 g/mol. The molecule has 0 bridgehead atoms. The van der Waals surface area contributed by atoms with Gasteiger partial charge in [-0.15, -0.1) is 5.10 Å². The average Bonchev–Trinajstić information content (AvgIpc) is 2.99. The number of nitrogens with zero attached hydrogens (tertiary/aromatic N) is 3. The minimum absolute atomic E-state index is 0.165. The van der Waals surface area contributed by atoms with Crippen LogP contribution in [0.5, 0.6) is 0 Å². The maximum absolute atomic E-state index is 12.2. The molecule has 1 saturated heterocycles. The normalized spacial score (nSPS) is 18.4. The van der Waals surface area contributed by atoms with Gasteiger partial charge in [-0.1, -0.05) is 22.9 Å². The number of aromatic nitrogens is 3. The van der Waals surface area contributed by atoms with Gasteiger partial charge in [0.2, 0.25) is 0 Å². The Hall–Kier alpha value is -2.21. The molecular formula is C15H19N5O. The fourth-order valence-electron chi connectivity index (χ4n) is 2.43. The van der Waals surface area contributed by atoms with Gasteiger partial charge in [-0.25, -0.2) is 4.68 Å². The molecule has 3 rings (SSSR count). The molecule has 6 heteroatoms. The molecule has 1 atom stereocenters. The highest BCUT2D eigenvalue weighted by Crippen LogP contribution is 2.09. The molecule has 1 fully saturated rings. The van der Waals surface area contributed by atoms with E-state index in [2.05, 4.69) is 20.9 Å². The second kappa shape index (κ2) is 6.05. The largest absolute Gasteiger partial charge is 0.347 e. The summed E-state index contributed by atoms with van der Waals surface area (Å²) < 4.78 is 1.62. The summed E-state index contributed by atoms with van der Waals surface area (Å²) in [7, 11) is 0. The number of amides is 1. The van der Waals surface area contributed by atoms with E-state index in [4.69, 9.17) is 0 Å². The van der Waals surface area contributed by atoms with Crippen LogP contribution in [0.1, 0.15) is 28.9 Å². The van der Waals surface area contributed by atoms with Crippen molar-refractivity contribution in [3.63, 3.8) is 0 Å². The Morgan fingerprint density at radius 2 is 2.19 bits per heavy atom. The zero-order valence-corrected chi connectivity index (χ0v) is 12.0. The van der Waals surface area contributed by atoms with E-state index < -0.39 is 0 Å². The summed E-state index contributed by atoms with van der Waals surface area (Å²) in [5.74, 6) is -0.165. The van der Waals surface area contributed by atoms with Gasteiger partial charge >= 0.3 is 0 Å². The molecule has 2 heterocycles. The molecule has 21 heavy (non-hydrogen) atoms. The third-order valence-corrected chi connectivity index (χ3v) is 3.66. The fraction of sp³-hybridized carbons (Fsp3) is 0.400. The van der Waals surface area contributed by atoms with Crippen molar-refractivity contribution in [2.75, 3.05) is 13.1 Å². The number of carbonyl (C=O) groups excluding carboxylic acids is 1. The second-order valence-electron chi connectivity index (χ2n) is 5.40. The van der Waals surface area contributed by atoms with Gasteiger partial charge in [0, 0.05) is 12.6 Å². The Kier molecular flexibility index (Phi) is 3.96. The zero-order valence-electron chi connectivity index (χ0n) is 12.0. The van der Waals surface area contributed by atoms with Crippen LogP contribution in [-0.4, -0.2) is 40.0 Å². The Morgan fingerprint density at radius 3 is 2.90 bits per heavy atom. The maximum atomic E-state index is 12.2. The van der Waals surface area contributed by atoms with Crippen LogP contribution in [-0.2, 0) is 0 Å². The van der Waals surface area contributed by atoms with E-state index in [1.54, 1.807) is 10.9 Å². The smallest absolute Gasteiger partial charge is 0.273 e. The lowest BCUT2D eigenvalue weighted by molar-refractivity contribution is 0.0925. The Morgan fingerprint density at radius 1 is 1.38 bits per heavy atom. The van der Waals surface area contributed by atoms with Crippen LogP contribution >= 0.6 is 0 Å². The monoisotopic (exact) mass is 285 g/mol. The van der Waals surface area contributed by atoms with E-state index in [9.17, 15) is 4.79 Å². The zero-order chi connectivity index (χ0) is 14.7. The number of hydrogen-bond donors (Lipinski definition) is 2. The van der Waals surface area contributed by atoms with Crippen molar-refractivity contribution in [2.24, 2.45) is 0 Å². The number of rotatable bonds is 3. The van der Waals surface area contributed by atoms with Crippen molar-refractivity contribution >= 4 is 5.91 Å². The highest BCUT2D eigenvalue weighted by molar-refractivity contribution is 5.92. The van der Waals surface area contributed by atoms with E-state index in [0.29, 0.717) is 5.69 Å². The van der Waals surface area contributed by atoms with Gasteiger partial charge in [-0.2, -0.15) is 0 Å². The summed E-state index contributed by atoms with van der Waals surface area (Å²) in [5, 5.41) is 14.2. The van der Waals surface area contributed by atoms with Gasteiger partial charge in [-0.05, 0) is 38.4 Å². The Bertz CT molecular complexity index is 613. The third kappa shape index (κ3) is 3.28. The summed E-state index contributed by atoms with van der Waals surface area (Å²) in [6, 6.07) is 8.10. The molecule has 6 nitrogen and oxygen atoms in total. The summed E-state index contributed by atoms with van der Waals surface area (Å²) in [6.07, 6.45) is 3.75. The highest BCUT2D eigenvalue weighted by atomic mass is 16.2. The molecule has 0 spiro atoms.